The second kappa shape index (κ2) is 8.01. The number of amides is 2. The van der Waals surface area contributed by atoms with Crippen molar-refractivity contribution in [1.82, 2.24) is 24.2 Å². The smallest absolute Gasteiger partial charge is 0.323 e. The summed E-state index contributed by atoms with van der Waals surface area (Å²) < 4.78 is 4.19. The van der Waals surface area contributed by atoms with E-state index in [2.05, 4.69) is 42.7 Å². The number of carbonyl (C=O) groups excluding carboxylic acids is 1. The van der Waals surface area contributed by atoms with E-state index in [4.69, 9.17) is 0 Å². The van der Waals surface area contributed by atoms with Gasteiger partial charge in [0.2, 0.25) is 10.3 Å². The topological polar surface area (TPSA) is 114 Å². The van der Waals surface area contributed by atoms with Crippen molar-refractivity contribution in [3.63, 3.8) is 0 Å². The molecule has 3 aromatic heterocycles. The Labute approximate surface area is 188 Å². The highest BCUT2D eigenvalue weighted by Crippen LogP contribution is 2.42. The number of anilines is 2. The minimum absolute atomic E-state index is 0.0990. The van der Waals surface area contributed by atoms with Gasteiger partial charge in [0, 0.05) is 55.5 Å². The summed E-state index contributed by atoms with van der Waals surface area (Å²) in [5.74, 6) is 0.923. The highest BCUT2D eigenvalue weighted by Gasteiger charge is 2.44. The number of carbonyl (C=O) groups is 1. The van der Waals surface area contributed by atoms with E-state index in [0.717, 1.165) is 42.7 Å². The first-order valence-corrected chi connectivity index (χ1v) is 12.1. The minimum atomic E-state index is -0.0990. The van der Waals surface area contributed by atoms with Crippen molar-refractivity contribution in [1.29, 1.82) is 5.26 Å². The molecule has 0 aromatic carbocycles. The van der Waals surface area contributed by atoms with Crippen LogP contribution in [-0.2, 0) is 0 Å². The van der Waals surface area contributed by atoms with E-state index in [9.17, 15) is 10.1 Å². The Hall–Kier alpha value is -2.84. The van der Waals surface area contributed by atoms with Crippen molar-refractivity contribution in [3.05, 3.63) is 24.0 Å². The van der Waals surface area contributed by atoms with Gasteiger partial charge in [-0.3, -0.25) is 5.32 Å². The average Bonchev–Trinajstić information content (AvgIpc) is 3.54. The van der Waals surface area contributed by atoms with E-state index in [1.165, 1.54) is 23.3 Å². The number of fused-ring (bicyclic) bond motifs is 2. The predicted molar refractivity (Wildman–Crippen MR) is 121 cm³/mol. The molecular formula is C20H22N8OS2. The fourth-order valence-electron chi connectivity index (χ4n) is 4.90. The molecule has 1 aliphatic heterocycles. The van der Waals surface area contributed by atoms with Crippen molar-refractivity contribution in [3.8, 4) is 6.07 Å². The number of rotatable bonds is 4. The number of thioether (sulfide) groups is 1. The highest BCUT2D eigenvalue weighted by molar-refractivity contribution is 7.98. The summed E-state index contributed by atoms with van der Waals surface area (Å²) in [5, 5.41) is 14.7. The van der Waals surface area contributed by atoms with Crippen LogP contribution < -0.4 is 10.2 Å². The zero-order valence-corrected chi connectivity index (χ0v) is 18.8. The lowest BCUT2D eigenvalue weighted by Gasteiger charge is -2.29. The lowest BCUT2D eigenvalue weighted by Crippen LogP contribution is -2.36. The Morgan fingerprint density at radius 1 is 1.42 bits per heavy atom. The summed E-state index contributed by atoms with van der Waals surface area (Å²) in [5.41, 5.74) is 2.33. The molecule has 2 aliphatic rings. The van der Waals surface area contributed by atoms with Crippen LogP contribution in [0.2, 0.25) is 0 Å². The molecule has 3 aromatic rings. The molecule has 1 saturated heterocycles. The monoisotopic (exact) mass is 454 g/mol. The second-order valence-corrected chi connectivity index (χ2v) is 9.58. The van der Waals surface area contributed by atoms with Crippen LogP contribution in [0.5, 0.6) is 0 Å². The maximum atomic E-state index is 12.7. The van der Waals surface area contributed by atoms with Gasteiger partial charge in [0.1, 0.15) is 11.7 Å². The van der Waals surface area contributed by atoms with Crippen LogP contribution in [0, 0.1) is 23.2 Å². The van der Waals surface area contributed by atoms with Crippen LogP contribution >= 0.6 is 23.3 Å². The van der Waals surface area contributed by atoms with Crippen molar-refractivity contribution < 1.29 is 4.79 Å². The fraction of sp³-hybridized carbons (Fsp3) is 0.450. The Morgan fingerprint density at radius 3 is 2.87 bits per heavy atom. The maximum Gasteiger partial charge on any atom is 0.323 e. The van der Waals surface area contributed by atoms with Gasteiger partial charge in [-0.25, -0.2) is 9.78 Å². The molecule has 2 atom stereocenters. The van der Waals surface area contributed by atoms with Crippen molar-refractivity contribution in [2.45, 2.75) is 24.0 Å². The van der Waals surface area contributed by atoms with Crippen LogP contribution in [0.15, 0.2) is 23.6 Å². The van der Waals surface area contributed by atoms with Gasteiger partial charge in [-0.05, 0) is 37.0 Å². The summed E-state index contributed by atoms with van der Waals surface area (Å²) in [6.07, 6.45) is 7.41. The Kier molecular flexibility index (Phi) is 5.19. The van der Waals surface area contributed by atoms with E-state index in [1.54, 1.807) is 6.20 Å². The number of urea groups is 1. The zero-order valence-electron chi connectivity index (χ0n) is 17.2. The first-order valence-electron chi connectivity index (χ1n) is 10.1. The van der Waals surface area contributed by atoms with Gasteiger partial charge in [-0.15, -0.1) is 0 Å². The molecule has 5 rings (SSSR count). The van der Waals surface area contributed by atoms with Gasteiger partial charge in [-0.2, -0.15) is 14.6 Å². The fourth-order valence-corrected chi connectivity index (χ4v) is 6.02. The van der Waals surface area contributed by atoms with Crippen molar-refractivity contribution in [2.75, 3.05) is 36.6 Å². The first-order chi connectivity index (χ1) is 15.1. The summed E-state index contributed by atoms with van der Waals surface area (Å²) in [4.78, 5) is 28.6. The Bertz CT molecular complexity index is 1150. The molecule has 31 heavy (non-hydrogen) atoms. The first kappa shape index (κ1) is 20.1. The van der Waals surface area contributed by atoms with Gasteiger partial charge in [0.15, 0.2) is 0 Å². The summed E-state index contributed by atoms with van der Waals surface area (Å²) in [6, 6.07) is 4.51. The third-order valence-electron chi connectivity index (χ3n) is 6.40. The van der Waals surface area contributed by atoms with Gasteiger partial charge in [-0.1, -0.05) is 11.8 Å². The van der Waals surface area contributed by atoms with Gasteiger partial charge in [0.05, 0.1) is 11.3 Å². The molecule has 9 nitrogen and oxygen atoms in total. The molecule has 0 radical (unpaired) electrons. The Morgan fingerprint density at radius 2 is 2.19 bits per heavy atom. The van der Waals surface area contributed by atoms with E-state index in [0.29, 0.717) is 33.7 Å². The number of likely N-dealkylation sites (tertiary alicyclic amines) is 1. The van der Waals surface area contributed by atoms with E-state index in [1.807, 2.05) is 23.4 Å². The number of aromatic nitrogens is 4. The third-order valence-corrected chi connectivity index (χ3v) is 7.69. The normalized spacial score (nSPS) is 22.5. The van der Waals surface area contributed by atoms with Crippen LogP contribution in [0.25, 0.3) is 11.0 Å². The molecule has 2 amide bonds. The lowest BCUT2D eigenvalue weighted by atomic mass is 10.0. The largest absolute Gasteiger partial charge is 0.370 e. The number of hydrogen-bond donors (Lipinski definition) is 2. The number of H-pyrrole nitrogens is 1. The van der Waals surface area contributed by atoms with Crippen LogP contribution in [-0.4, -0.2) is 62.7 Å². The van der Waals surface area contributed by atoms with E-state index < -0.39 is 0 Å². The lowest BCUT2D eigenvalue weighted by molar-refractivity contribution is 0.218. The van der Waals surface area contributed by atoms with Gasteiger partial charge >= 0.3 is 6.03 Å². The van der Waals surface area contributed by atoms with Gasteiger partial charge < -0.3 is 14.8 Å². The highest BCUT2D eigenvalue weighted by atomic mass is 32.2. The average molecular weight is 455 g/mol. The number of aromatic amines is 1. The molecule has 0 spiro atoms. The molecule has 1 saturated carbocycles. The standard InChI is InChI=1S/C20H22N8OS2/c1-27(16-13(7-21)8-23-17-15(16)3-4-22-17)14-5-11-9-28(10-12(11)6-14)20(29)25-18-24-19(30-2)26-31-18/h3-4,8,11-12,14H,5-6,9-10H2,1-2H3,(H,22,23)(H,24,25,26,29). The summed E-state index contributed by atoms with van der Waals surface area (Å²) in [6.45, 7) is 1.49. The number of hydrogen-bond acceptors (Lipinski definition) is 8. The van der Waals surface area contributed by atoms with Gasteiger partial charge in [0.25, 0.3) is 0 Å². The maximum absolute atomic E-state index is 12.7. The van der Waals surface area contributed by atoms with Crippen molar-refractivity contribution >= 4 is 51.2 Å². The van der Waals surface area contributed by atoms with E-state index >= 15 is 0 Å². The Balaban J connectivity index is 1.26. The molecule has 1 aliphatic carbocycles. The second-order valence-electron chi connectivity index (χ2n) is 8.05. The van der Waals surface area contributed by atoms with Crippen molar-refractivity contribution in [2.24, 2.45) is 11.8 Å². The predicted octanol–water partition coefficient (Wildman–Crippen LogP) is 3.39. The van der Waals surface area contributed by atoms with E-state index in [-0.39, 0.29) is 6.03 Å². The molecule has 2 fully saturated rings. The molecular weight excluding hydrogens is 432 g/mol. The minimum Gasteiger partial charge on any atom is -0.370 e. The number of nitrogens with one attached hydrogen (secondary N) is 2. The number of nitrogens with zero attached hydrogens (tertiary/aromatic N) is 6. The zero-order chi connectivity index (χ0) is 21.5. The molecule has 2 N–H and O–H groups in total. The number of nitriles is 1. The molecule has 0 bridgehead atoms. The SMILES string of the molecule is CSc1nsc(NC(=O)N2CC3CC(N(C)c4c(C#N)cnc5[nH]ccc45)CC3C2)n1. The van der Waals surface area contributed by atoms with Crippen LogP contribution in [0.3, 0.4) is 0 Å². The summed E-state index contributed by atoms with van der Waals surface area (Å²) in [7, 11) is 2.07. The van der Waals surface area contributed by atoms with Crippen LogP contribution in [0.1, 0.15) is 18.4 Å². The molecule has 2 unspecified atom stereocenters. The third kappa shape index (κ3) is 3.59. The molecule has 4 heterocycles. The quantitative estimate of drug-likeness (QED) is 0.581. The summed E-state index contributed by atoms with van der Waals surface area (Å²) >= 11 is 2.67. The molecule has 11 heteroatoms. The molecule has 160 valence electrons. The number of pyridine rings is 1. The van der Waals surface area contributed by atoms with Crippen LogP contribution in [0.4, 0.5) is 15.6 Å².